The first kappa shape index (κ1) is 7.90. The molecule has 0 radical (unpaired) electrons. The van der Waals surface area contributed by atoms with E-state index >= 15 is 0 Å². The summed E-state index contributed by atoms with van der Waals surface area (Å²) in [5.41, 5.74) is 0. The fraction of sp³-hybridized carbons (Fsp3) is 0.800. The summed E-state index contributed by atoms with van der Waals surface area (Å²) in [4.78, 5) is 10.1. The lowest BCUT2D eigenvalue weighted by molar-refractivity contribution is -0.138. The van der Waals surface area contributed by atoms with Crippen LogP contribution in [0.2, 0.25) is 0 Å². The van der Waals surface area contributed by atoms with E-state index < -0.39 is 0 Å². The Morgan fingerprint density at radius 3 is 2.25 bits per heavy atom. The van der Waals surface area contributed by atoms with E-state index in [1.54, 1.807) is 0 Å². The van der Waals surface area contributed by atoms with Crippen molar-refractivity contribution in [1.82, 2.24) is 0 Å². The molecular weight excluding hydrogens is 123 g/mol. The molecule has 0 saturated carbocycles. The van der Waals surface area contributed by atoms with Crippen molar-refractivity contribution in [3.05, 3.63) is 0 Å². The number of esters is 1. The number of carbonyl (C=O) groups is 1. The molecule has 0 aromatic rings. The van der Waals surface area contributed by atoms with Crippen LogP contribution in [0.5, 0.6) is 0 Å². The van der Waals surface area contributed by atoms with E-state index in [1.807, 2.05) is 0 Å². The summed E-state index contributed by atoms with van der Waals surface area (Å²) in [5, 5.41) is 0. The van der Waals surface area contributed by atoms with E-state index in [0.29, 0.717) is 6.35 Å². The third-order valence-corrected chi connectivity index (χ3v) is 1.17. The molecule has 0 atom stereocenters. The Morgan fingerprint density at radius 1 is 1.62 bits per heavy atom. The van der Waals surface area contributed by atoms with Crippen LogP contribution in [-0.4, -0.2) is 25.6 Å². The fourth-order valence-electron chi connectivity index (χ4n) is 0.220. The van der Waals surface area contributed by atoms with Crippen LogP contribution in [0.25, 0.3) is 0 Å². The highest BCUT2D eigenvalue weighted by Crippen LogP contribution is 2.23. The first-order valence-electron chi connectivity index (χ1n) is 2.41. The maximum atomic E-state index is 10.1. The molecule has 0 spiro atoms. The number of carbonyl (C=O) groups excluding carboxylic acids is 1. The quantitative estimate of drug-likeness (QED) is 0.419. The largest absolute Gasteiger partial charge is 0.461 e. The van der Waals surface area contributed by atoms with E-state index in [1.165, 1.54) is 6.92 Å². The van der Waals surface area contributed by atoms with Gasteiger partial charge in [0.2, 0.25) is 0 Å². The molecule has 0 heterocycles. The van der Waals surface area contributed by atoms with E-state index in [2.05, 4.69) is 13.3 Å². The molecule has 0 aromatic heterocycles. The maximum absolute atomic E-state index is 10.1. The van der Waals surface area contributed by atoms with Gasteiger partial charge in [0.15, 0.2) is 0 Å². The number of rotatable bonds is 2. The Labute approximate surface area is 51.0 Å². The van der Waals surface area contributed by atoms with Crippen LogP contribution in [0.4, 0.5) is 0 Å². The van der Waals surface area contributed by atoms with Crippen molar-refractivity contribution in [3.63, 3.8) is 0 Å². The summed E-state index contributed by atoms with van der Waals surface area (Å²) in [6.45, 7) is 5.56. The number of hydrogen-bond donors (Lipinski definition) is 0. The molecule has 0 aliphatic rings. The second-order valence-electron chi connectivity index (χ2n) is 1.84. The lowest BCUT2D eigenvalue weighted by atomic mass is 10.8. The molecule has 0 aliphatic carbocycles. The monoisotopic (exact) mass is 134 g/mol. The van der Waals surface area contributed by atoms with Crippen LogP contribution in [0.15, 0.2) is 0 Å². The van der Waals surface area contributed by atoms with Gasteiger partial charge in [0.25, 0.3) is 0 Å². The van der Waals surface area contributed by atoms with Gasteiger partial charge < -0.3 is 4.74 Å². The number of ether oxygens (including phenoxy) is 1. The predicted octanol–water partition coefficient (Wildman–Crippen LogP) is 1.25. The molecule has 0 aliphatic heterocycles. The minimum absolute atomic E-state index is 0.0760. The van der Waals surface area contributed by atoms with Gasteiger partial charge in [0, 0.05) is 6.92 Å². The van der Waals surface area contributed by atoms with Crippen molar-refractivity contribution in [3.8, 4) is 0 Å². The lowest BCUT2D eigenvalue weighted by Crippen LogP contribution is -1.97. The molecule has 2 nitrogen and oxygen atoms in total. The zero-order valence-electron chi connectivity index (χ0n) is 5.47. The highest BCUT2D eigenvalue weighted by atomic mass is 31.1. The zero-order chi connectivity index (χ0) is 6.57. The lowest BCUT2D eigenvalue weighted by Gasteiger charge is -2.03. The van der Waals surface area contributed by atoms with Crippen molar-refractivity contribution in [2.75, 3.05) is 19.7 Å². The summed E-state index contributed by atoms with van der Waals surface area (Å²) in [6.07, 6.45) is 0.602. The van der Waals surface area contributed by atoms with E-state index in [9.17, 15) is 4.79 Å². The number of hydrogen-bond acceptors (Lipinski definition) is 2. The summed E-state index contributed by atoms with van der Waals surface area (Å²) in [5.74, 6) is -0.179. The van der Waals surface area contributed by atoms with Gasteiger partial charge in [-0.2, -0.15) is 0 Å². The van der Waals surface area contributed by atoms with Gasteiger partial charge >= 0.3 is 5.97 Å². The van der Waals surface area contributed by atoms with Gasteiger partial charge in [-0.3, -0.25) is 4.79 Å². The summed E-state index contributed by atoms with van der Waals surface area (Å²) < 4.78 is 4.69. The smallest absolute Gasteiger partial charge is 0.302 e. The van der Waals surface area contributed by atoms with Crippen molar-refractivity contribution < 1.29 is 9.53 Å². The van der Waals surface area contributed by atoms with Crippen LogP contribution in [0.3, 0.4) is 0 Å². The third kappa shape index (κ3) is 5.90. The minimum atomic E-state index is -0.179. The summed E-state index contributed by atoms with van der Waals surface area (Å²) in [7, 11) is -0.0760. The second-order valence-corrected chi connectivity index (χ2v) is 4.26. The topological polar surface area (TPSA) is 26.3 Å². The molecule has 0 saturated heterocycles. The Bertz CT molecular complexity index is 80.5. The van der Waals surface area contributed by atoms with Gasteiger partial charge in [0.05, 0.1) is 0 Å². The maximum Gasteiger partial charge on any atom is 0.302 e. The predicted molar refractivity (Wildman–Crippen MR) is 35.4 cm³/mol. The molecule has 8 heavy (non-hydrogen) atoms. The molecule has 3 heteroatoms. The van der Waals surface area contributed by atoms with Crippen molar-refractivity contribution in [1.29, 1.82) is 0 Å². The highest BCUT2D eigenvalue weighted by molar-refractivity contribution is 7.55. The summed E-state index contributed by atoms with van der Waals surface area (Å²) in [6, 6.07) is 0. The van der Waals surface area contributed by atoms with Gasteiger partial charge in [0.1, 0.15) is 6.35 Å². The fourth-order valence-corrected chi connectivity index (χ4v) is 0.660. The molecular formula is C5H11O2P. The van der Waals surface area contributed by atoms with Gasteiger partial charge in [-0.25, -0.2) is 0 Å². The normalized spacial score (nSPS) is 9.50. The average Bonchev–Trinajstić information content (AvgIpc) is 1.61. The Balaban J connectivity index is 3.05. The SMILES string of the molecule is CC(=O)OCP(C)C. The zero-order valence-corrected chi connectivity index (χ0v) is 6.37. The molecule has 0 fully saturated rings. The van der Waals surface area contributed by atoms with Crippen LogP contribution >= 0.6 is 7.92 Å². The average molecular weight is 134 g/mol. The molecule has 0 amide bonds. The Morgan fingerprint density at radius 2 is 2.12 bits per heavy atom. The van der Waals surface area contributed by atoms with Crippen molar-refractivity contribution >= 4 is 13.9 Å². The first-order chi connectivity index (χ1) is 3.63. The second kappa shape index (κ2) is 3.85. The van der Waals surface area contributed by atoms with Crippen LogP contribution in [0.1, 0.15) is 6.92 Å². The molecule has 0 aromatic carbocycles. The van der Waals surface area contributed by atoms with Crippen LogP contribution in [0, 0.1) is 0 Å². The standard InChI is InChI=1S/C5H11O2P/c1-5(6)7-4-8(2)3/h4H2,1-3H3. The minimum Gasteiger partial charge on any atom is -0.461 e. The van der Waals surface area contributed by atoms with Crippen molar-refractivity contribution in [2.45, 2.75) is 6.92 Å². The van der Waals surface area contributed by atoms with E-state index in [4.69, 9.17) is 4.74 Å². The van der Waals surface area contributed by atoms with Gasteiger partial charge in [-0.05, 0) is 13.3 Å². The summed E-state index contributed by atoms with van der Waals surface area (Å²) >= 11 is 0. The van der Waals surface area contributed by atoms with Crippen molar-refractivity contribution in [2.24, 2.45) is 0 Å². The molecule has 0 rings (SSSR count). The van der Waals surface area contributed by atoms with E-state index in [-0.39, 0.29) is 13.9 Å². The molecule has 0 unspecified atom stereocenters. The van der Waals surface area contributed by atoms with E-state index in [0.717, 1.165) is 0 Å². The first-order valence-corrected chi connectivity index (χ1v) is 4.83. The highest BCUT2D eigenvalue weighted by Gasteiger charge is 1.93. The van der Waals surface area contributed by atoms with Gasteiger partial charge in [-0.15, -0.1) is 0 Å². The van der Waals surface area contributed by atoms with Crippen LogP contribution in [-0.2, 0) is 9.53 Å². The Kier molecular flexibility index (Phi) is 3.80. The Hall–Kier alpha value is -0.100. The molecule has 0 bridgehead atoms. The van der Waals surface area contributed by atoms with Gasteiger partial charge in [-0.1, -0.05) is 7.92 Å². The van der Waals surface area contributed by atoms with Crippen LogP contribution < -0.4 is 0 Å². The molecule has 48 valence electrons. The third-order valence-electron chi connectivity index (χ3n) is 0.526. The molecule has 0 N–H and O–H groups in total.